The maximum absolute atomic E-state index is 9.41. The Balaban J connectivity index is 1.96. The van der Waals surface area contributed by atoms with Gasteiger partial charge in [0, 0.05) is 17.2 Å². The number of aromatic nitrogens is 2. The van der Waals surface area contributed by atoms with Gasteiger partial charge in [-0.3, -0.25) is 0 Å². The molecule has 0 radical (unpaired) electrons. The molecule has 2 aromatic carbocycles. The predicted octanol–water partition coefficient (Wildman–Crippen LogP) is 2.78. The number of nitriles is 1. The van der Waals surface area contributed by atoms with Gasteiger partial charge < -0.3 is 25.7 Å². The van der Waals surface area contributed by atoms with Crippen molar-refractivity contribution in [2.24, 2.45) is 0 Å². The highest BCUT2D eigenvalue weighted by Crippen LogP contribution is 2.30. The number of benzene rings is 2. The molecule has 0 aliphatic heterocycles. The minimum atomic E-state index is -0.00324. The van der Waals surface area contributed by atoms with Crippen LogP contribution in [0, 0.1) is 11.3 Å². The maximum atomic E-state index is 9.41. The van der Waals surface area contributed by atoms with Gasteiger partial charge in [0.2, 0.25) is 5.95 Å². The fraction of sp³-hybridized carbons (Fsp3) is 0.150. The van der Waals surface area contributed by atoms with E-state index in [0.29, 0.717) is 28.5 Å². The summed E-state index contributed by atoms with van der Waals surface area (Å²) in [5, 5.41) is 9.41. The van der Waals surface area contributed by atoms with Crippen LogP contribution >= 0.6 is 0 Å². The minimum Gasteiger partial charge on any atom is -0.497 e. The fourth-order valence-corrected chi connectivity index (χ4v) is 2.71. The molecule has 4 N–H and O–H groups in total. The second kappa shape index (κ2) is 8.14. The summed E-state index contributed by atoms with van der Waals surface area (Å²) >= 11 is 0. The maximum Gasteiger partial charge on any atom is 0.222 e. The van der Waals surface area contributed by atoms with Crippen molar-refractivity contribution < 1.29 is 14.2 Å². The molecule has 8 nitrogen and oxygen atoms in total. The van der Waals surface area contributed by atoms with Gasteiger partial charge in [-0.1, -0.05) is 6.07 Å². The van der Waals surface area contributed by atoms with Crippen LogP contribution in [0.3, 0.4) is 0 Å². The molecule has 0 atom stereocenters. The van der Waals surface area contributed by atoms with E-state index in [4.69, 9.17) is 25.7 Å². The van der Waals surface area contributed by atoms with Gasteiger partial charge in [0.15, 0.2) is 0 Å². The van der Waals surface area contributed by atoms with E-state index in [-0.39, 0.29) is 23.9 Å². The fourth-order valence-electron chi connectivity index (χ4n) is 2.71. The lowest BCUT2D eigenvalue weighted by molar-refractivity contribution is 0.294. The number of methoxy groups -OCH3 is 2. The molecule has 0 bridgehead atoms. The Labute approximate surface area is 162 Å². The Bertz CT molecular complexity index is 1050. The van der Waals surface area contributed by atoms with Crippen molar-refractivity contribution in [3.05, 3.63) is 53.6 Å². The lowest BCUT2D eigenvalue weighted by Crippen LogP contribution is -2.05. The van der Waals surface area contributed by atoms with Gasteiger partial charge in [0.1, 0.15) is 41.3 Å². The summed E-state index contributed by atoms with van der Waals surface area (Å²) in [5.41, 5.74) is 13.5. The van der Waals surface area contributed by atoms with Gasteiger partial charge in [-0.2, -0.15) is 10.2 Å². The number of anilines is 2. The number of hydrogen-bond donors (Lipinski definition) is 2. The molecule has 0 spiro atoms. The van der Waals surface area contributed by atoms with Gasteiger partial charge >= 0.3 is 0 Å². The van der Waals surface area contributed by atoms with Crippen LogP contribution in [0.25, 0.3) is 11.3 Å². The average Bonchev–Trinajstić information content (AvgIpc) is 2.71. The van der Waals surface area contributed by atoms with E-state index < -0.39 is 0 Å². The van der Waals surface area contributed by atoms with E-state index in [1.165, 1.54) is 0 Å². The number of nitrogens with zero attached hydrogens (tertiary/aromatic N) is 3. The molecule has 0 amide bonds. The first-order valence-corrected chi connectivity index (χ1v) is 8.33. The van der Waals surface area contributed by atoms with Crippen LogP contribution in [0.1, 0.15) is 11.1 Å². The summed E-state index contributed by atoms with van der Waals surface area (Å²) in [6, 6.07) is 14.7. The largest absolute Gasteiger partial charge is 0.497 e. The SMILES string of the molecule is COc1cccc(OCc2cc(-c3nc(N)nc(N)c3C#N)ccc2OC)c1. The lowest BCUT2D eigenvalue weighted by Gasteiger charge is -2.13. The molecule has 8 heteroatoms. The first-order valence-electron chi connectivity index (χ1n) is 8.33. The standard InChI is InChI=1S/C20H19N5O3/c1-26-14-4-3-5-15(9-14)28-11-13-8-12(6-7-17(13)27-2)18-16(10-21)19(22)25-20(23)24-18/h3-9H,11H2,1-2H3,(H4,22,23,24,25). The number of ether oxygens (including phenoxy) is 3. The van der Waals surface area contributed by atoms with Gasteiger partial charge in [0.25, 0.3) is 0 Å². The van der Waals surface area contributed by atoms with E-state index in [2.05, 4.69) is 9.97 Å². The smallest absolute Gasteiger partial charge is 0.222 e. The third-order valence-electron chi connectivity index (χ3n) is 4.06. The Morgan fingerprint density at radius 1 is 1.00 bits per heavy atom. The summed E-state index contributed by atoms with van der Waals surface area (Å²) in [5.74, 6) is 2.02. The molecule has 1 aromatic heterocycles. The topological polar surface area (TPSA) is 129 Å². The van der Waals surface area contributed by atoms with Crippen LogP contribution < -0.4 is 25.7 Å². The third kappa shape index (κ3) is 3.88. The van der Waals surface area contributed by atoms with Crippen LogP contribution in [0.4, 0.5) is 11.8 Å². The molecule has 28 heavy (non-hydrogen) atoms. The molecule has 1 heterocycles. The molecular weight excluding hydrogens is 358 g/mol. The summed E-state index contributed by atoms with van der Waals surface area (Å²) in [6.45, 7) is 0.238. The number of nitrogens with two attached hydrogens (primary N) is 2. The van der Waals surface area contributed by atoms with E-state index >= 15 is 0 Å². The Hall–Kier alpha value is -3.99. The van der Waals surface area contributed by atoms with Crippen molar-refractivity contribution >= 4 is 11.8 Å². The molecule has 0 fully saturated rings. The van der Waals surface area contributed by atoms with Crippen LogP contribution in [0.5, 0.6) is 17.2 Å². The molecule has 3 aromatic rings. The normalized spacial score (nSPS) is 10.2. The number of hydrogen-bond acceptors (Lipinski definition) is 8. The number of nitrogen functional groups attached to an aromatic ring is 2. The predicted molar refractivity (Wildman–Crippen MR) is 105 cm³/mol. The highest BCUT2D eigenvalue weighted by Gasteiger charge is 2.15. The van der Waals surface area contributed by atoms with Crippen molar-refractivity contribution in [3.63, 3.8) is 0 Å². The lowest BCUT2D eigenvalue weighted by atomic mass is 10.0. The first kappa shape index (κ1) is 18.8. The average molecular weight is 377 g/mol. The quantitative estimate of drug-likeness (QED) is 0.671. The molecule has 0 saturated heterocycles. The van der Waals surface area contributed by atoms with Gasteiger partial charge in [-0.25, -0.2) is 4.98 Å². The second-order valence-corrected chi connectivity index (χ2v) is 5.80. The molecule has 0 saturated carbocycles. The minimum absolute atomic E-state index is 0.00324. The van der Waals surface area contributed by atoms with E-state index in [1.54, 1.807) is 32.4 Å². The van der Waals surface area contributed by atoms with Gasteiger partial charge in [-0.05, 0) is 30.3 Å². The van der Waals surface area contributed by atoms with Crippen LogP contribution in [-0.2, 0) is 6.61 Å². The van der Waals surface area contributed by atoms with E-state index in [0.717, 1.165) is 5.56 Å². The summed E-state index contributed by atoms with van der Waals surface area (Å²) in [7, 11) is 3.17. The zero-order valence-corrected chi connectivity index (χ0v) is 15.5. The first-order chi connectivity index (χ1) is 13.5. The summed E-state index contributed by atoms with van der Waals surface area (Å²) in [6.07, 6.45) is 0. The molecular formula is C20H19N5O3. The molecule has 0 unspecified atom stereocenters. The molecule has 0 aliphatic carbocycles. The van der Waals surface area contributed by atoms with Crippen molar-refractivity contribution in [1.82, 2.24) is 9.97 Å². The van der Waals surface area contributed by atoms with Gasteiger partial charge in [0.05, 0.1) is 19.9 Å². The van der Waals surface area contributed by atoms with Gasteiger partial charge in [-0.15, -0.1) is 0 Å². The zero-order valence-electron chi connectivity index (χ0n) is 15.5. The third-order valence-corrected chi connectivity index (χ3v) is 4.06. The Morgan fingerprint density at radius 3 is 2.50 bits per heavy atom. The Kier molecular flexibility index (Phi) is 5.46. The van der Waals surface area contributed by atoms with E-state index in [1.807, 2.05) is 30.3 Å². The highest BCUT2D eigenvalue weighted by molar-refractivity contribution is 5.74. The van der Waals surface area contributed by atoms with Crippen molar-refractivity contribution in [2.75, 3.05) is 25.7 Å². The van der Waals surface area contributed by atoms with E-state index in [9.17, 15) is 5.26 Å². The second-order valence-electron chi connectivity index (χ2n) is 5.80. The summed E-state index contributed by atoms with van der Waals surface area (Å²) < 4.78 is 16.5. The van der Waals surface area contributed by atoms with Crippen LogP contribution in [-0.4, -0.2) is 24.2 Å². The zero-order chi connectivity index (χ0) is 20.1. The molecule has 3 rings (SSSR count). The monoisotopic (exact) mass is 377 g/mol. The molecule has 142 valence electrons. The summed E-state index contributed by atoms with van der Waals surface area (Å²) in [4.78, 5) is 8.02. The highest BCUT2D eigenvalue weighted by atomic mass is 16.5. The van der Waals surface area contributed by atoms with Crippen LogP contribution in [0.2, 0.25) is 0 Å². The molecule has 0 aliphatic rings. The number of rotatable bonds is 6. The van der Waals surface area contributed by atoms with Crippen molar-refractivity contribution in [3.8, 4) is 34.6 Å². The van der Waals surface area contributed by atoms with Crippen molar-refractivity contribution in [2.45, 2.75) is 6.61 Å². The van der Waals surface area contributed by atoms with Crippen molar-refractivity contribution in [1.29, 1.82) is 5.26 Å². The Morgan fingerprint density at radius 2 is 1.79 bits per heavy atom. The van der Waals surface area contributed by atoms with Crippen LogP contribution in [0.15, 0.2) is 42.5 Å².